The fourth-order valence-electron chi connectivity index (χ4n) is 3.65. The quantitative estimate of drug-likeness (QED) is 0.645. The molecule has 1 saturated heterocycles. The first kappa shape index (κ1) is 23.3. The molecule has 1 aliphatic heterocycles. The van der Waals surface area contributed by atoms with Crippen molar-refractivity contribution in [1.82, 2.24) is 4.31 Å². The van der Waals surface area contributed by atoms with Gasteiger partial charge in [0.15, 0.2) is 0 Å². The van der Waals surface area contributed by atoms with Crippen LogP contribution in [0.5, 0.6) is 0 Å². The maximum Gasteiger partial charge on any atom is 0.242 e. The Morgan fingerprint density at radius 2 is 1.71 bits per heavy atom. The van der Waals surface area contributed by atoms with Gasteiger partial charge in [-0.15, -0.1) is 0 Å². The predicted octanol–water partition coefficient (Wildman–Crippen LogP) is 1.81. The van der Waals surface area contributed by atoms with Crippen molar-refractivity contribution in [3.05, 3.63) is 42.2 Å². The van der Waals surface area contributed by atoms with Crippen LogP contribution in [0.3, 0.4) is 0 Å². The normalized spacial score (nSPS) is 16.0. The second kappa shape index (κ2) is 8.65. The maximum absolute atomic E-state index is 15.0. The number of hydrogen-bond acceptors (Lipinski definition) is 6. The number of nitrogens with two attached hydrogens (primary N) is 1. The van der Waals surface area contributed by atoms with Gasteiger partial charge in [-0.3, -0.25) is 0 Å². The number of benzene rings is 2. The highest BCUT2D eigenvalue weighted by Gasteiger charge is 2.28. The standard InChI is InChI=1S/C20H24FN3O5S2/c1-23(2)31(28,29)15-6-7-19(30(22,26)27)17(12-15)16-4-3-5-18(21)20(16)24-10-8-14(13-25)9-11-24/h3-7,12-14H,8-11H2,1-2H3,(H2,22,26,27). The number of carbonyl (C=O) groups excluding carboxylic acids is 1. The predicted molar refractivity (Wildman–Crippen MR) is 115 cm³/mol. The van der Waals surface area contributed by atoms with E-state index in [1.807, 2.05) is 0 Å². The average Bonchev–Trinajstić information content (AvgIpc) is 2.72. The van der Waals surface area contributed by atoms with Gasteiger partial charge in [0, 0.05) is 44.2 Å². The topological polar surface area (TPSA) is 118 Å². The van der Waals surface area contributed by atoms with Crippen LogP contribution in [0.4, 0.5) is 10.1 Å². The molecule has 0 aromatic heterocycles. The highest BCUT2D eigenvalue weighted by molar-refractivity contribution is 7.89. The van der Waals surface area contributed by atoms with E-state index in [9.17, 15) is 26.0 Å². The molecule has 8 nitrogen and oxygen atoms in total. The van der Waals surface area contributed by atoms with E-state index < -0.39 is 25.9 Å². The first-order valence-corrected chi connectivity index (χ1v) is 12.5. The SMILES string of the molecule is CN(C)S(=O)(=O)c1ccc(S(N)(=O)=O)c(-c2cccc(F)c2N2CCC(C=O)CC2)c1. The van der Waals surface area contributed by atoms with Crippen molar-refractivity contribution >= 4 is 32.0 Å². The molecule has 2 N–H and O–H groups in total. The smallest absolute Gasteiger partial charge is 0.242 e. The maximum atomic E-state index is 15.0. The number of rotatable bonds is 6. The Labute approximate surface area is 181 Å². The van der Waals surface area contributed by atoms with Gasteiger partial charge in [-0.1, -0.05) is 12.1 Å². The van der Waals surface area contributed by atoms with E-state index >= 15 is 0 Å². The minimum Gasteiger partial charge on any atom is -0.369 e. The van der Waals surface area contributed by atoms with Crippen LogP contribution in [-0.2, 0) is 24.8 Å². The molecule has 0 saturated carbocycles. The van der Waals surface area contributed by atoms with Crippen LogP contribution in [0.25, 0.3) is 11.1 Å². The largest absolute Gasteiger partial charge is 0.369 e. The molecular formula is C20H24FN3O5S2. The number of anilines is 1. The minimum atomic E-state index is -4.23. The van der Waals surface area contributed by atoms with Crippen LogP contribution < -0.4 is 10.0 Å². The first-order valence-electron chi connectivity index (χ1n) is 9.55. The molecule has 0 unspecified atom stereocenters. The van der Waals surface area contributed by atoms with Crippen molar-refractivity contribution in [2.75, 3.05) is 32.1 Å². The van der Waals surface area contributed by atoms with E-state index in [1.165, 1.54) is 38.4 Å². The lowest BCUT2D eigenvalue weighted by molar-refractivity contribution is -0.111. The van der Waals surface area contributed by atoms with Crippen molar-refractivity contribution in [2.45, 2.75) is 22.6 Å². The molecule has 0 radical (unpaired) electrons. The molecule has 2 aromatic carbocycles. The summed E-state index contributed by atoms with van der Waals surface area (Å²) in [6.45, 7) is 0.801. The third-order valence-corrected chi connectivity index (χ3v) is 8.14. The summed E-state index contributed by atoms with van der Waals surface area (Å²) < 4.78 is 65.7. The van der Waals surface area contributed by atoms with Crippen molar-refractivity contribution in [3.8, 4) is 11.1 Å². The van der Waals surface area contributed by atoms with Crippen LogP contribution in [0.2, 0.25) is 0 Å². The van der Waals surface area contributed by atoms with Crippen LogP contribution >= 0.6 is 0 Å². The van der Waals surface area contributed by atoms with Gasteiger partial charge in [0.05, 0.1) is 15.5 Å². The fraction of sp³-hybridized carbons (Fsp3) is 0.350. The van der Waals surface area contributed by atoms with Crippen LogP contribution in [-0.4, -0.2) is 54.6 Å². The lowest BCUT2D eigenvalue weighted by Crippen LogP contribution is -2.35. The molecule has 1 heterocycles. The molecule has 168 valence electrons. The van der Waals surface area contributed by atoms with Crippen molar-refractivity contribution in [3.63, 3.8) is 0 Å². The van der Waals surface area contributed by atoms with Gasteiger partial charge in [0.1, 0.15) is 12.1 Å². The fourth-order valence-corrected chi connectivity index (χ4v) is 5.31. The number of hydrogen-bond donors (Lipinski definition) is 1. The summed E-state index contributed by atoms with van der Waals surface area (Å²) in [5.74, 6) is -0.691. The third-order valence-electron chi connectivity index (χ3n) is 5.36. The Balaban J connectivity index is 2.25. The molecule has 1 aliphatic rings. The van der Waals surface area contributed by atoms with Gasteiger partial charge < -0.3 is 9.69 Å². The highest BCUT2D eigenvalue weighted by atomic mass is 32.2. The summed E-state index contributed by atoms with van der Waals surface area (Å²) in [6, 6.07) is 7.68. The summed E-state index contributed by atoms with van der Waals surface area (Å²) in [4.78, 5) is 12.4. The number of carbonyl (C=O) groups is 1. The zero-order valence-corrected chi connectivity index (χ0v) is 18.8. The Bertz CT molecular complexity index is 1210. The van der Waals surface area contributed by atoms with Crippen molar-refractivity contribution in [1.29, 1.82) is 0 Å². The minimum absolute atomic E-state index is 0.00237. The monoisotopic (exact) mass is 469 g/mol. The van der Waals surface area contributed by atoms with Gasteiger partial charge in [0.25, 0.3) is 0 Å². The summed E-state index contributed by atoms with van der Waals surface area (Å²) in [7, 11) is -5.40. The number of para-hydroxylation sites is 1. The Kier molecular flexibility index (Phi) is 6.51. The summed E-state index contributed by atoms with van der Waals surface area (Å²) in [5.41, 5.74) is 0.359. The van der Waals surface area contributed by atoms with Crippen molar-refractivity contribution in [2.24, 2.45) is 11.1 Å². The van der Waals surface area contributed by atoms with E-state index in [1.54, 1.807) is 4.90 Å². The van der Waals surface area contributed by atoms with Gasteiger partial charge in [0.2, 0.25) is 20.0 Å². The number of sulfonamides is 2. The summed E-state index contributed by atoms with van der Waals surface area (Å²) in [5, 5.41) is 5.38. The van der Waals surface area contributed by atoms with E-state index in [0.29, 0.717) is 25.9 Å². The first-order chi connectivity index (χ1) is 14.5. The second-order valence-corrected chi connectivity index (χ2v) is 11.3. The van der Waals surface area contributed by atoms with E-state index in [0.717, 1.165) is 22.7 Å². The van der Waals surface area contributed by atoms with Gasteiger partial charge in [-0.25, -0.2) is 30.7 Å². The van der Waals surface area contributed by atoms with Crippen LogP contribution in [0.1, 0.15) is 12.8 Å². The summed E-state index contributed by atoms with van der Waals surface area (Å²) in [6.07, 6.45) is 1.96. The lowest BCUT2D eigenvalue weighted by atomic mass is 9.96. The number of aldehydes is 1. The second-order valence-electron chi connectivity index (χ2n) is 7.59. The Hall–Kier alpha value is -2.34. The van der Waals surface area contributed by atoms with Crippen molar-refractivity contribution < 1.29 is 26.0 Å². The molecular weight excluding hydrogens is 445 g/mol. The lowest BCUT2D eigenvalue weighted by Gasteiger charge is -2.33. The molecule has 11 heteroatoms. The van der Waals surface area contributed by atoms with Gasteiger partial charge in [-0.2, -0.15) is 0 Å². The summed E-state index contributed by atoms with van der Waals surface area (Å²) >= 11 is 0. The average molecular weight is 470 g/mol. The Morgan fingerprint density at radius 1 is 1.06 bits per heavy atom. The van der Waals surface area contributed by atoms with Crippen LogP contribution in [0.15, 0.2) is 46.2 Å². The zero-order chi connectivity index (χ0) is 23.0. The van der Waals surface area contributed by atoms with Gasteiger partial charge in [-0.05, 0) is 37.1 Å². The van der Waals surface area contributed by atoms with Gasteiger partial charge >= 0.3 is 0 Å². The molecule has 31 heavy (non-hydrogen) atoms. The molecule has 0 aliphatic carbocycles. The molecule has 0 atom stereocenters. The highest BCUT2D eigenvalue weighted by Crippen LogP contribution is 2.39. The molecule has 0 bridgehead atoms. The van der Waals surface area contributed by atoms with E-state index in [2.05, 4.69) is 0 Å². The molecule has 3 rings (SSSR count). The molecule has 1 fully saturated rings. The Morgan fingerprint density at radius 3 is 2.26 bits per heavy atom. The number of halogens is 1. The number of nitrogens with zero attached hydrogens (tertiary/aromatic N) is 2. The molecule has 2 aromatic rings. The zero-order valence-electron chi connectivity index (χ0n) is 17.2. The number of primary sulfonamides is 1. The molecule has 0 spiro atoms. The van der Waals surface area contributed by atoms with E-state index in [4.69, 9.17) is 5.14 Å². The van der Waals surface area contributed by atoms with Crippen LogP contribution in [0, 0.1) is 11.7 Å². The third kappa shape index (κ3) is 4.64. The number of piperidine rings is 1. The molecule has 0 amide bonds. The van der Waals surface area contributed by atoms with E-state index in [-0.39, 0.29) is 32.5 Å².